The molecule has 1 atom stereocenters. The van der Waals surface area contributed by atoms with Crippen molar-refractivity contribution in [3.05, 3.63) is 0 Å². The van der Waals surface area contributed by atoms with Gasteiger partial charge in [0.05, 0.1) is 6.61 Å². The third-order valence-corrected chi connectivity index (χ3v) is 2.14. The monoisotopic (exact) mass is 172 g/mol. The Labute approximate surface area is 74.9 Å². The molecule has 1 saturated heterocycles. The zero-order valence-electron chi connectivity index (χ0n) is 7.94. The fourth-order valence-electron chi connectivity index (χ4n) is 1.40. The predicted octanol–water partition coefficient (Wildman–Crippen LogP) is 0.364. The van der Waals surface area contributed by atoms with Crippen LogP contribution < -0.4 is 10.6 Å². The zero-order valence-corrected chi connectivity index (χ0v) is 7.94. The van der Waals surface area contributed by atoms with Crippen molar-refractivity contribution in [3.63, 3.8) is 0 Å². The van der Waals surface area contributed by atoms with Gasteiger partial charge in [-0.15, -0.1) is 0 Å². The molecule has 12 heavy (non-hydrogen) atoms. The average molecular weight is 172 g/mol. The van der Waals surface area contributed by atoms with Crippen LogP contribution in [-0.4, -0.2) is 38.9 Å². The molecule has 3 heteroatoms. The van der Waals surface area contributed by atoms with Gasteiger partial charge in [-0.2, -0.15) is 0 Å². The van der Waals surface area contributed by atoms with E-state index in [9.17, 15) is 0 Å². The zero-order chi connectivity index (χ0) is 8.65. The smallest absolute Gasteiger partial charge is 0.0620 e. The van der Waals surface area contributed by atoms with Crippen LogP contribution in [0.3, 0.4) is 0 Å². The van der Waals surface area contributed by atoms with Crippen molar-refractivity contribution in [2.45, 2.75) is 25.8 Å². The Kier molecular flexibility index (Phi) is 5.32. The van der Waals surface area contributed by atoms with Crippen molar-refractivity contribution in [1.29, 1.82) is 0 Å². The van der Waals surface area contributed by atoms with Crippen LogP contribution in [0.25, 0.3) is 0 Å². The van der Waals surface area contributed by atoms with Crippen molar-refractivity contribution in [3.8, 4) is 0 Å². The summed E-state index contributed by atoms with van der Waals surface area (Å²) < 4.78 is 5.45. The maximum absolute atomic E-state index is 5.45. The molecule has 0 aromatic rings. The van der Waals surface area contributed by atoms with Gasteiger partial charge in [-0.05, 0) is 32.5 Å². The molecule has 0 aromatic carbocycles. The van der Waals surface area contributed by atoms with E-state index in [-0.39, 0.29) is 0 Å². The number of hydrogen-bond donors (Lipinski definition) is 2. The predicted molar refractivity (Wildman–Crippen MR) is 50.4 cm³/mol. The van der Waals surface area contributed by atoms with E-state index >= 15 is 0 Å². The molecule has 0 spiro atoms. The van der Waals surface area contributed by atoms with Crippen LogP contribution >= 0.6 is 0 Å². The minimum atomic E-state index is 0.562. The minimum absolute atomic E-state index is 0.562. The fourth-order valence-corrected chi connectivity index (χ4v) is 1.40. The number of rotatable bonds is 4. The molecule has 0 aliphatic carbocycles. The normalized spacial score (nSPS) is 25.2. The van der Waals surface area contributed by atoms with E-state index in [4.69, 9.17) is 4.74 Å². The highest BCUT2D eigenvalue weighted by Crippen LogP contribution is 1.97. The van der Waals surface area contributed by atoms with Gasteiger partial charge in [0.25, 0.3) is 0 Å². The lowest BCUT2D eigenvalue weighted by atomic mass is 10.2. The Morgan fingerprint density at radius 3 is 3.33 bits per heavy atom. The van der Waals surface area contributed by atoms with Crippen molar-refractivity contribution >= 4 is 0 Å². The first kappa shape index (κ1) is 9.96. The van der Waals surface area contributed by atoms with Crippen LogP contribution in [0, 0.1) is 0 Å². The lowest BCUT2D eigenvalue weighted by Gasteiger charge is -2.14. The molecule has 1 fully saturated rings. The summed E-state index contributed by atoms with van der Waals surface area (Å²) in [6.45, 7) is 7.20. The van der Waals surface area contributed by atoms with Gasteiger partial charge in [-0.25, -0.2) is 0 Å². The maximum Gasteiger partial charge on any atom is 0.0620 e. The molecule has 0 aromatic heterocycles. The second-order valence-corrected chi connectivity index (χ2v) is 3.22. The summed E-state index contributed by atoms with van der Waals surface area (Å²) in [5, 5.41) is 6.80. The second kappa shape index (κ2) is 6.40. The quantitative estimate of drug-likeness (QED) is 0.601. The van der Waals surface area contributed by atoms with Gasteiger partial charge in [0.1, 0.15) is 0 Å². The largest absolute Gasteiger partial charge is 0.380 e. The van der Waals surface area contributed by atoms with Crippen LogP contribution in [0.15, 0.2) is 0 Å². The summed E-state index contributed by atoms with van der Waals surface area (Å²) in [6.07, 6.45) is 2.32. The highest BCUT2D eigenvalue weighted by atomic mass is 16.5. The summed E-state index contributed by atoms with van der Waals surface area (Å²) in [6, 6.07) is 0.562. The van der Waals surface area contributed by atoms with Gasteiger partial charge in [-0.3, -0.25) is 0 Å². The molecule has 1 aliphatic rings. The molecule has 1 aliphatic heterocycles. The SMILES string of the molecule is CCNCC[C@@H]1COCCCN1. The van der Waals surface area contributed by atoms with E-state index in [1.165, 1.54) is 6.42 Å². The first-order chi connectivity index (χ1) is 5.93. The van der Waals surface area contributed by atoms with Gasteiger partial charge in [0, 0.05) is 12.6 Å². The molecule has 0 unspecified atom stereocenters. The Balaban J connectivity index is 2.04. The van der Waals surface area contributed by atoms with Gasteiger partial charge < -0.3 is 15.4 Å². The van der Waals surface area contributed by atoms with Gasteiger partial charge in [0.2, 0.25) is 0 Å². The van der Waals surface area contributed by atoms with Crippen LogP contribution in [0.2, 0.25) is 0 Å². The fraction of sp³-hybridized carbons (Fsp3) is 1.00. The Morgan fingerprint density at radius 1 is 1.58 bits per heavy atom. The van der Waals surface area contributed by atoms with Gasteiger partial charge in [-0.1, -0.05) is 6.92 Å². The lowest BCUT2D eigenvalue weighted by molar-refractivity contribution is 0.129. The molecule has 0 radical (unpaired) electrons. The van der Waals surface area contributed by atoms with E-state index in [1.54, 1.807) is 0 Å². The third kappa shape index (κ3) is 4.04. The summed E-state index contributed by atoms with van der Waals surface area (Å²) in [5.74, 6) is 0. The van der Waals surface area contributed by atoms with Gasteiger partial charge >= 0.3 is 0 Å². The molecule has 3 nitrogen and oxygen atoms in total. The summed E-state index contributed by atoms with van der Waals surface area (Å²) >= 11 is 0. The molecular weight excluding hydrogens is 152 g/mol. The van der Waals surface area contributed by atoms with E-state index in [0.29, 0.717) is 6.04 Å². The Bertz CT molecular complexity index is 101. The van der Waals surface area contributed by atoms with Crippen LogP contribution in [0.1, 0.15) is 19.8 Å². The molecule has 0 saturated carbocycles. The number of hydrogen-bond acceptors (Lipinski definition) is 3. The Hall–Kier alpha value is -0.120. The molecule has 1 rings (SSSR count). The molecule has 72 valence electrons. The molecule has 1 heterocycles. The van der Waals surface area contributed by atoms with Crippen molar-refractivity contribution < 1.29 is 4.74 Å². The Morgan fingerprint density at radius 2 is 2.50 bits per heavy atom. The third-order valence-electron chi connectivity index (χ3n) is 2.14. The second-order valence-electron chi connectivity index (χ2n) is 3.22. The molecule has 0 amide bonds. The molecule has 2 N–H and O–H groups in total. The van der Waals surface area contributed by atoms with Crippen molar-refractivity contribution in [2.24, 2.45) is 0 Å². The van der Waals surface area contributed by atoms with Crippen LogP contribution in [0.5, 0.6) is 0 Å². The van der Waals surface area contributed by atoms with E-state index < -0.39 is 0 Å². The first-order valence-electron chi connectivity index (χ1n) is 4.95. The summed E-state index contributed by atoms with van der Waals surface area (Å²) in [5.41, 5.74) is 0. The molecular formula is C9H20N2O. The van der Waals surface area contributed by atoms with Gasteiger partial charge in [0.15, 0.2) is 0 Å². The summed E-state index contributed by atoms with van der Waals surface area (Å²) in [4.78, 5) is 0. The average Bonchev–Trinajstić information content (AvgIpc) is 2.33. The van der Waals surface area contributed by atoms with E-state index in [1.807, 2.05) is 0 Å². The van der Waals surface area contributed by atoms with E-state index in [2.05, 4.69) is 17.6 Å². The number of ether oxygens (including phenoxy) is 1. The summed E-state index contributed by atoms with van der Waals surface area (Å²) in [7, 11) is 0. The highest BCUT2D eigenvalue weighted by Gasteiger charge is 2.10. The van der Waals surface area contributed by atoms with Crippen molar-refractivity contribution in [1.82, 2.24) is 10.6 Å². The first-order valence-corrected chi connectivity index (χ1v) is 4.95. The minimum Gasteiger partial charge on any atom is -0.380 e. The molecule has 0 bridgehead atoms. The standard InChI is InChI=1S/C9H20N2O/c1-2-10-6-4-9-8-12-7-3-5-11-9/h9-11H,2-8H2,1H3/t9-/m1/s1. The van der Waals surface area contributed by atoms with Crippen LogP contribution in [0.4, 0.5) is 0 Å². The van der Waals surface area contributed by atoms with Crippen LogP contribution in [-0.2, 0) is 4.74 Å². The topological polar surface area (TPSA) is 33.3 Å². The number of nitrogens with one attached hydrogen (secondary N) is 2. The maximum atomic E-state index is 5.45. The highest BCUT2D eigenvalue weighted by molar-refractivity contribution is 4.69. The van der Waals surface area contributed by atoms with Crippen molar-refractivity contribution in [2.75, 3.05) is 32.8 Å². The lowest BCUT2D eigenvalue weighted by Crippen LogP contribution is -2.34. The van der Waals surface area contributed by atoms with E-state index in [0.717, 1.165) is 39.3 Å².